The van der Waals surface area contributed by atoms with Crippen molar-refractivity contribution in [2.45, 2.75) is 146 Å². The van der Waals surface area contributed by atoms with Crippen LogP contribution in [0.1, 0.15) is 116 Å². The van der Waals surface area contributed by atoms with Gasteiger partial charge in [-0.1, -0.05) is 20.8 Å². The standard InChI is InChI=1S/C24H48N4S2/c1-19(2,3)25-27-22(9,10)29-21(7,8)18-14-16-24(13,17-15-18)30-23(11,12)28-26-20(4,5)6/h18H,14-17H2,1-13H3/b27-25+,28-26+. The zero-order chi connectivity index (χ0) is 23.6. The van der Waals surface area contributed by atoms with Crippen molar-refractivity contribution >= 4 is 23.5 Å². The maximum absolute atomic E-state index is 4.69. The fourth-order valence-corrected chi connectivity index (χ4v) is 7.44. The minimum absolute atomic E-state index is 0.116. The summed E-state index contributed by atoms with van der Waals surface area (Å²) in [5, 5.41) is 18.4. The fourth-order valence-electron chi connectivity index (χ4n) is 3.94. The van der Waals surface area contributed by atoms with Gasteiger partial charge in [-0.2, -0.15) is 20.5 Å². The van der Waals surface area contributed by atoms with Gasteiger partial charge in [-0.15, -0.1) is 23.5 Å². The molecule has 1 saturated carbocycles. The lowest BCUT2D eigenvalue weighted by molar-refractivity contribution is 0.269. The van der Waals surface area contributed by atoms with E-state index in [1.54, 1.807) is 0 Å². The number of hydrogen-bond acceptors (Lipinski definition) is 6. The monoisotopic (exact) mass is 456 g/mol. The van der Waals surface area contributed by atoms with E-state index in [4.69, 9.17) is 0 Å². The van der Waals surface area contributed by atoms with E-state index in [9.17, 15) is 0 Å². The van der Waals surface area contributed by atoms with Crippen LogP contribution >= 0.6 is 23.5 Å². The first-order valence-electron chi connectivity index (χ1n) is 11.4. The van der Waals surface area contributed by atoms with Crippen molar-refractivity contribution < 1.29 is 0 Å². The summed E-state index contributed by atoms with van der Waals surface area (Å²) in [6, 6.07) is 0. The van der Waals surface area contributed by atoms with Crippen LogP contribution in [0.25, 0.3) is 0 Å². The lowest BCUT2D eigenvalue weighted by Crippen LogP contribution is -2.40. The molecular formula is C24H48N4S2. The topological polar surface area (TPSA) is 49.4 Å². The molecule has 0 aromatic rings. The van der Waals surface area contributed by atoms with E-state index in [-0.39, 0.29) is 30.3 Å². The van der Waals surface area contributed by atoms with Crippen LogP contribution in [0, 0.1) is 5.92 Å². The van der Waals surface area contributed by atoms with Crippen molar-refractivity contribution in [3.05, 3.63) is 0 Å². The summed E-state index contributed by atoms with van der Waals surface area (Å²) >= 11 is 3.98. The molecule has 1 rings (SSSR count). The molecule has 0 N–H and O–H groups in total. The van der Waals surface area contributed by atoms with Gasteiger partial charge in [-0.3, -0.25) is 0 Å². The molecular weight excluding hydrogens is 408 g/mol. The first-order chi connectivity index (χ1) is 13.1. The molecule has 0 aromatic heterocycles. The molecule has 0 saturated heterocycles. The van der Waals surface area contributed by atoms with Gasteiger partial charge in [0.2, 0.25) is 0 Å². The van der Waals surface area contributed by atoms with Crippen molar-refractivity contribution in [3.8, 4) is 0 Å². The summed E-state index contributed by atoms with van der Waals surface area (Å²) in [7, 11) is 0. The quantitative estimate of drug-likeness (QED) is 0.358. The summed E-state index contributed by atoms with van der Waals surface area (Å²) in [4.78, 5) is -0.393. The molecule has 0 unspecified atom stereocenters. The minimum atomic E-state index is -0.207. The van der Waals surface area contributed by atoms with Gasteiger partial charge in [0.15, 0.2) is 0 Å². The van der Waals surface area contributed by atoms with Crippen LogP contribution in [0.3, 0.4) is 0 Å². The molecule has 30 heavy (non-hydrogen) atoms. The third-order valence-electron chi connectivity index (χ3n) is 5.22. The Morgan fingerprint density at radius 1 is 0.633 bits per heavy atom. The summed E-state index contributed by atoms with van der Waals surface area (Å²) in [6.07, 6.45) is 4.96. The normalized spacial score (nSPS) is 25.4. The first kappa shape index (κ1) is 27.9. The SMILES string of the molecule is CC(C)(C)/N=N/C(C)(C)SC1(C)CCC(C(C)(C)SC(C)(C)/N=N/C(C)(C)C)CC1. The van der Waals surface area contributed by atoms with Crippen molar-refractivity contribution in [1.82, 2.24) is 0 Å². The van der Waals surface area contributed by atoms with E-state index >= 15 is 0 Å². The Balaban J connectivity index is 2.75. The predicted octanol–water partition coefficient (Wildman–Crippen LogP) is 9.15. The maximum atomic E-state index is 4.69. The molecule has 0 bridgehead atoms. The molecule has 0 aromatic carbocycles. The molecule has 1 fully saturated rings. The minimum Gasteiger partial charge on any atom is -0.187 e. The molecule has 0 aliphatic heterocycles. The highest BCUT2D eigenvalue weighted by Crippen LogP contribution is 2.53. The molecule has 0 heterocycles. The molecule has 6 heteroatoms. The molecule has 0 amide bonds. The summed E-state index contributed by atoms with van der Waals surface area (Å²) in [5.74, 6) is 0.694. The largest absolute Gasteiger partial charge is 0.187 e. The van der Waals surface area contributed by atoms with Gasteiger partial charge in [-0.05, 0) is 101 Å². The summed E-state index contributed by atoms with van der Waals surface area (Å²) in [5.41, 5.74) is -0.238. The van der Waals surface area contributed by atoms with Gasteiger partial charge in [-0.25, -0.2) is 0 Å². The second kappa shape index (κ2) is 9.41. The smallest absolute Gasteiger partial charge is 0.121 e. The Labute approximate surface area is 195 Å². The van der Waals surface area contributed by atoms with E-state index in [2.05, 4.69) is 110 Å². The molecule has 1 aliphatic carbocycles. The highest BCUT2D eigenvalue weighted by Gasteiger charge is 2.43. The third-order valence-corrected chi connectivity index (χ3v) is 8.14. The van der Waals surface area contributed by atoms with Gasteiger partial charge in [0.1, 0.15) is 9.74 Å². The highest BCUT2D eigenvalue weighted by atomic mass is 32.2. The van der Waals surface area contributed by atoms with Crippen LogP contribution in [0.15, 0.2) is 20.5 Å². The summed E-state index contributed by atoms with van der Waals surface area (Å²) in [6.45, 7) is 28.6. The van der Waals surface area contributed by atoms with E-state index in [1.807, 2.05) is 23.5 Å². The number of rotatable bonds is 7. The van der Waals surface area contributed by atoms with Gasteiger partial charge in [0.05, 0.1) is 11.1 Å². The van der Waals surface area contributed by atoms with Crippen molar-refractivity contribution in [1.29, 1.82) is 0 Å². The van der Waals surface area contributed by atoms with Crippen molar-refractivity contribution in [2.75, 3.05) is 0 Å². The van der Waals surface area contributed by atoms with Crippen LogP contribution in [-0.2, 0) is 0 Å². The Kier molecular flexibility index (Phi) is 8.76. The zero-order valence-electron chi connectivity index (χ0n) is 22.0. The van der Waals surface area contributed by atoms with E-state index < -0.39 is 0 Å². The number of nitrogens with zero attached hydrogens (tertiary/aromatic N) is 4. The third kappa shape index (κ3) is 10.5. The summed E-state index contributed by atoms with van der Waals surface area (Å²) < 4.78 is 0.437. The van der Waals surface area contributed by atoms with Gasteiger partial charge in [0, 0.05) is 9.49 Å². The van der Waals surface area contributed by atoms with Gasteiger partial charge < -0.3 is 0 Å². The van der Waals surface area contributed by atoms with Gasteiger partial charge >= 0.3 is 0 Å². The maximum Gasteiger partial charge on any atom is 0.121 e. The van der Waals surface area contributed by atoms with Crippen LogP contribution in [0.2, 0.25) is 0 Å². The Morgan fingerprint density at radius 2 is 1.03 bits per heavy atom. The fraction of sp³-hybridized carbons (Fsp3) is 1.00. The van der Waals surface area contributed by atoms with Gasteiger partial charge in [0.25, 0.3) is 0 Å². The zero-order valence-corrected chi connectivity index (χ0v) is 23.6. The Hall–Kier alpha value is -0.100. The second-order valence-corrected chi connectivity index (χ2v) is 17.1. The van der Waals surface area contributed by atoms with Crippen molar-refractivity contribution in [3.63, 3.8) is 0 Å². The Morgan fingerprint density at radius 3 is 1.43 bits per heavy atom. The first-order valence-corrected chi connectivity index (χ1v) is 13.1. The van der Waals surface area contributed by atoms with Crippen LogP contribution < -0.4 is 0 Å². The number of azo groups is 2. The highest BCUT2D eigenvalue weighted by molar-refractivity contribution is 8.02. The van der Waals surface area contributed by atoms with E-state index in [1.165, 1.54) is 25.7 Å². The lowest BCUT2D eigenvalue weighted by atomic mass is 9.76. The molecule has 0 radical (unpaired) electrons. The number of thioether (sulfide) groups is 2. The lowest BCUT2D eigenvalue weighted by Gasteiger charge is -2.46. The molecule has 0 spiro atoms. The van der Waals surface area contributed by atoms with Crippen LogP contribution in [0.5, 0.6) is 0 Å². The molecule has 4 nitrogen and oxygen atoms in total. The van der Waals surface area contributed by atoms with E-state index in [0.717, 1.165) is 0 Å². The molecule has 1 aliphatic rings. The second-order valence-electron chi connectivity index (χ2n) is 12.7. The predicted molar refractivity (Wildman–Crippen MR) is 137 cm³/mol. The van der Waals surface area contributed by atoms with Crippen molar-refractivity contribution in [2.24, 2.45) is 26.4 Å². The number of hydrogen-bond donors (Lipinski definition) is 0. The molecule has 176 valence electrons. The van der Waals surface area contributed by atoms with E-state index in [0.29, 0.717) is 5.92 Å². The Bertz CT molecular complexity index is 614. The average molecular weight is 457 g/mol. The van der Waals surface area contributed by atoms with Crippen LogP contribution in [-0.4, -0.2) is 30.3 Å². The van der Waals surface area contributed by atoms with Crippen LogP contribution in [0.4, 0.5) is 0 Å². The average Bonchev–Trinajstić information content (AvgIpc) is 2.49. The molecule has 0 atom stereocenters.